The van der Waals surface area contributed by atoms with Crippen molar-refractivity contribution >= 4 is 64.3 Å². The van der Waals surface area contributed by atoms with Gasteiger partial charge in [-0.1, -0.05) is 146 Å². The number of rotatable bonds is 6. The fraction of sp³-hybridized carbons (Fsp3) is 0. The summed E-state index contributed by atoms with van der Waals surface area (Å²) in [4.78, 5) is 21.3. The Morgan fingerprint density at radius 2 is 0.898 bits per heavy atom. The lowest BCUT2D eigenvalue weighted by atomic mass is 10.0. The Morgan fingerprint density at radius 1 is 0.356 bits per heavy atom. The average molecular weight is 773 g/mol. The number of imidazole rings is 1. The summed E-state index contributed by atoms with van der Waals surface area (Å²) >= 11 is 1.78. The summed E-state index contributed by atoms with van der Waals surface area (Å²) in [7, 11) is 0. The lowest BCUT2D eigenvalue weighted by Crippen LogP contribution is -2.06. The second-order valence-corrected chi connectivity index (χ2v) is 15.7. The van der Waals surface area contributed by atoms with Crippen LogP contribution in [-0.2, 0) is 0 Å². The van der Waals surface area contributed by atoms with Gasteiger partial charge in [0, 0.05) is 53.3 Å². The van der Waals surface area contributed by atoms with E-state index in [0.29, 0.717) is 17.6 Å². The van der Waals surface area contributed by atoms with Crippen molar-refractivity contribution in [2.24, 2.45) is 0 Å². The van der Waals surface area contributed by atoms with Crippen molar-refractivity contribution in [2.75, 3.05) is 0 Å². The van der Waals surface area contributed by atoms with Crippen LogP contribution in [-0.4, -0.2) is 29.1 Å². The third-order valence-corrected chi connectivity index (χ3v) is 12.4. The monoisotopic (exact) mass is 772 g/mol. The Hall–Kier alpha value is -7.74. The second-order valence-electron chi connectivity index (χ2n) is 14.7. The van der Waals surface area contributed by atoms with Crippen LogP contribution in [0, 0.1) is 0 Å². The number of benzene rings is 8. The predicted octanol–water partition coefficient (Wildman–Crippen LogP) is 13.3. The third-order valence-electron chi connectivity index (χ3n) is 11.2. The summed E-state index contributed by atoms with van der Waals surface area (Å²) in [5.74, 6) is 2.67. The number of hydrogen-bond acceptors (Lipinski definition) is 5. The average Bonchev–Trinajstić information content (AvgIpc) is 4.00. The molecule has 0 aliphatic carbocycles. The van der Waals surface area contributed by atoms with E-state index in [-0.39, 0.29) is 0 Å². The molecule has 0 bridgehead atoms. The molecule has 12 rings (SSSR count). The van der Waals surface area contributed by atoms with E-state index < -0.39 is 0 Å². The maximum atomic E-state index is 5.40. The minimum atomic E-state index is 0.567. The highest BCUT2D eigenvalue weighted by Crippen LogP contribution is 2.45. The normalized spacial score (nSPS) is 11.7. The number of nitrogens with zero attached hydrogens (tertiary/aromatic N) is 6. The topological polar surface area (TPSA) is 61.4 Å². The van der Waals surface area contributed by atoms with Crippen LogP contribution in [0.3, 0.4) is 0 Å². The van der Waals surface area contributed by atoms with E-state index in [4.69, 9.17) is 19.9 Å². The smallest absolute Gasteiger partial charge is 0.238 e. The van der Waals surface area contributed by atoms with E-state index in [1.807, 2.05) is 6.07 Å². The van der Waals surface area contributed by atoms with Gasteiger partial charge in [0.1, 0.15) is 5.82 Å². The summed E-state index contributed by atoms with van der Waals surface area (Å²) in [6.45, 7) is 0. The van der Waals surface area contributed by atoms with Crippen LogP contribution in [0.4, 0.5) is 0 Å². The van der Waals surface area contributed by atoms with Crippen LogP contribution >= 0.6 is 11.3 Å². The maximum absolute atomic E-state index is 5.40. The van der Waals surface area contributed by atoms with E-state index in [9.17, 15) is 0 Å². The first-order valence-corrected chi connectivity index (χ1v) is 20.5. The molecule has 12 aromatic rings. The van der Waals surface area contributed by atoms with Crippen LogP contribution < -0.4 is 0 Å². The largest absolute Gasteiger partial charge is 0.292 e. The summed E-state index contributed by atoms with van der Waals surface area (Å²) in [6.07, 6.45) is 0. The van der Waals surface area contributed by atoms with Crippen molar-refractivity contribution in [2.45, 2.75) is 0 Å². The number of para-hydroxylation sites is 5. The molecule has 0 aliphatic rings. The standard InChI is InChI=1S/C52H32N6S/c1-3-15-33(16-4-1)34-29-31-35(32-30-34)49-54-50(56-52(55-49)58-42-24-10-7-19-37(42)38-20-8-11-25-43(38)58)39-21-13-27-45-47(39)48-40(22-14-28-46(48)59-45)51-53-41-23-9-12-26-44(41)57(51)36-17-5-2-6-18-36/h1-32H. The fourth-order valence-corrected chi connectivity index (χ4v) is 9.74. The van der Waals surface area contributed by atoms with Crippen molar-refractivity contribution in [3.05, 3.63) is 194 Å². The minimum Gasteiger partial charge on any atom is -0.292 e. The summed E-state index contributed by atoms with van der Waals surface area (Å²) in [6, 6.07) is 67.8. The molecule has 0 N–H and O–H groups in total. The van der Waals surface area contributed by atoms with Crippen LogP contribution in [0.15, 0.2) is 194 Å². The Labute approximate surface area is 343 Å². The van der Waals surface area contributed by atoms with E-state index in [0.717, 1.165) is 87.6 Å². The highest BCUT2D eigenvalue weighted by atomic mass is 32.1. The molecule has 0 amide bonds. The molecule has 0 atom stereocenters. The number of aromatic nitrogens is 6. The summed E-state index contributed by atoms with van der Waals surface area (Å²) in [5, 5.41) is 4.52. The van der Waals surface area contributed by atoms with E-state index >= 15 is 0 Å². The SMILES string of the molecule is c1ccc(-c2ccc(-c3nc(-c4cccc5sc6cccc(-c7nc8ccccc8n7-c7ccccc7)c6c45)nc(-n4c5ccccc5c5ccccc54)n3)cc2)cc1. The summed E-state index contributed by atoms with van der Waals surface area (Å²) in [5.41, 5.74) is 10.3. The van der Waals surface area contributed by atoms with Crippen molar-refractivity contribution in [3.8, 4) is 56.9 Å². The van der Waals surface area contributed by atoms with Crippen molar-refractivity contribution in [3.63, 3.8) is 0 Å². The van der Waals surface area contributed by atoms with Gasteiger partial charge in [-0.25, -0.2) is 9.97 Å². The molecule has 0 fully saturated rings. The van der Waals surface area contributed by atoms with Gasteiger partial charge in [0.05, 0.1) is 22.1 Å². The zero-order chi connectivity index (χ0) is 38.9. The molecule has 0 unspecified atom stereocenters. The minimum absolute atomic E-state index is 0.567. The predicted molar refractivity (Wildman–Crippen MR) is 243 cm³/mol. The molecule has 4 heterocycles. The molecule has 0 saturated heterocycles. The molecule has 4 aromatic heterocycles. The quantitative estimate of drug-likeness (QED) is 0.169. The van der Waals surface area contributed by atoms with Gasteiger partial charge in [-0.05, 0) is 59.7 Å². The van der Waals surface area contributed by atoms with Crippen molar-refractivity contribution in [1.82, 2.24) is 29.1 Å². The fourth-order valence-electron chi connectivity index (χ4n) is 8.58. The van der Waals surface area contributed by atoms with Crippen LogP contribution in [0.1, 0.15) is 0 Å². The Balaban J connectivity index is 1.13. The zero-order valence-electron chi connectivity index (χ0n) is 31.6. The van der Waals surface area contributed by atoms with Gasteiger partial charge in [-0.2, -0.15) is 9.97 Å². The van der Waals surface area contributed by atoms with E-state index in [1.165, 1.54) is 4.70 Å². The first-order chi connectivity index (χ1) is 29.3. The van der Waals surface area contributed by atoms with Crippen molar-refractivity contribution < 1.29 is 0 Å². The van der Waals surface area contributed by atoms with Crippen LogP contribution in [0.2, 0.25) is 0 Å². The first kappa shape index (κ1) is 33.4. The van der Waals surface area contributed by atoms with Gasteiger partial charge in [-0.15, -0.1) is 11.3 Å². The molecule has 276 valence electrons. The van der Waals surface area contributed by atoms with E-state index in [1.54, 1.807) is 11.3 Å². The molecule has 7 heteroatoms. The number of hydrogen-bond donors (Lipinski definition) is 0. The van der Waals surface area contributed by atoms with Gasteiger partial charge in [0.15, 0.2) is 11.6 Å². The lowest BCUT2D eigenvalue weighted by molar-refractivity contribution is 0.954. The maximum Gasteiger partial charge on any atom is 0.238 e. The molecule has 6 nitrogen and oxygen atoms in total. The van der Waals surface area contributed by atoms with Crippen LogP contribution in [0.5, 0.6) is 0 Å². The van der Waals surface area contributed by atoms with Crippen LogP contribution in [0.25, 0.3) is 110 Å². The Bertz CT molecular complexity index is 3490. The highest BCUT2D eigenvalue weighted by Gasteiger charge is 2.23. The molecular weight excluding hydrogens is 741 g/mol. The van der Waals surface area contributed by atoms with Gasteiger partial charge >= 0.3 is 0 Å². The summed E-state index contributed by atoms with van der Waals surface area (Å²) < 4.78 is 6.78. The molecule has 8 aromatic carbocycles. The molecule has 0 aliphatic heterocycles. The van der Waals surface area contributed by atoms with E-state index in [2.05, 4.69) is 197 Å². The van der Waals surface area contributed by atoms with Gasteiger partial charge in [-0.3, -0.25) is 9.13 Å². The lowest BCUT2D eigenvalue weighted by Gasteiger charge is -2.13. The van der Waals surface area contributed by atoms with Gasteiger partial charge in [0.25, 0.3) is 0 Å². The second kappa shape index (κ2) is 13.4. The molecule has 0 spiro atoms. The zero-order valence-corrected chi connectivity index (χ0v) is 32.4. The van der Waals surface area contributed by atoms with Gasteiger partial charge < -0.3 is 0 Å². The number of fused-ring (bicyclic) bond motifs is 7. The Kier molecular flexibility index (Phi) is 7.61. The molecule has 0 saturated carbocycles. The molecule has 0 radical (unpaired) electrons. The van der Waals surface area contributed by atoms with Crippen molar-refractivity contribution in [1.29, 1.82) is 0 Å². The Morgan fingerprint density at radius 3 is 1.61 bits per heavy atom. The molecular formula is C52H32N6S. The highest BCUT2D eigenvalue weighted by molar-refractivity contribution is 7.26. The number of thiophene rings is 1. The molecule has 59 heavy (non-hydrogen) atoms. The third kappa shape index (κ3) is 5.40. The first-order valence-electron chi connectivity index (χ1n) is 19.7. The van der Waals surface area contributed by atoms with Gasteiger partial charge in [0.2, 0.25) is 5.95 Å².